The number of hydrogen-bond donors (Lipinski definition) is 2. The molecule has 2 N–H and O–H groups in total. The van der Waals surface area contributed by atoms with Crippen molar-refractivity contribution in [3.05, 3.63) is 106 Å². The Morgan fingerprint density at radius 1 is 0.938 bits per heavy atom. The number of hydrogen-bond acceptors (Lipinski definition) is 2. The molecule has 5 heteroatoms. The molecule has 164 valence electrons. The summed E-state index contributed by atoms with van der Waals surface area (Å²) < 4.78 is 15.2. The molecule has 0 aliphatic carbocycles. The number of aromatic nitrogens is 1. The average molecular weight is 431 g/mol. The predicted octanol–water partition coefficient (Wildman–Crippen LogP) is 5.48. The summed E-state index contributed by atoms with van der Waals surface area (Å²) in [6, 6.07) is 20.7. The van der Waals surface area contributed by atoms with E-state index in [0.29, 0.717) is 13.1 Å². The first-order valence-corrected chi connectivity index (χ1v) is 10.8. The van der Waals surface area contributed by atoms with E-state index in [4.69, 9.17) is 0 Å². The number of carboxylic acid groups (broad SMARTS) is 1. The van der Waals surface area contributed by atoms with E-state index < -0.39 is 5.97 Å². The minimum absolute atomic E-state index is 0.276. The molecule has 1 heterocycles. The molecule has 0 radical (unpaired) electrons. The van der Waals surface area contributed by atoms with Crippen LogP contribution in [0.3, 0.4) is 0 Å². The second kappa shape index (κ2) is 9.37. The largest absolute Gasteiger partial charge is 0.477 e. The molecule has 1 aromatic heterocycles. The standard InChI is InChI=1S/C27H27FN2O2/c1-18-3-6-20(7-4-18)13-14-29-16-24-23-12-5-19(2)15-25(23)30(26(24)27(31)32)17-21-8-10-22(28)11-9-21/h3-12,15,29H,13-14,16-17H2,1-2H3,(H,31,32). The molecule has 0 saturated carbocycles. The van der Waals surface area contributed by atoms with Gasteiger partial charge in [-0.1, -0.05) is 54.1 Å². The summed E-state index contributed by atoms with van der Waals surface area (Å²) in [6.07, 6.45) is 0.871. The highest BCUT2D eigenvalue weighted by Gasteiger charge is 2.22. The summed E-state index contributed by atoms with van der Waals surface area (Å²) in [7, 11) is 0. The van der Waals surface area contributed by atoms with E-state index in [2.05, 4.69) is 36.5 Å². The zero-order chi connectivity index (χ0) is 22.7. The number of carbonyl (C=O) groups is 1. The number of nitrogens with zero attached hydrogens (tertiary/aromatic N) is 1. The Morgan fingerprint density at radius 3 is 2.28 bits per heavy atom. The van der Waals surface area contributed by atoms with Gasteiger partial charge in [0.25, 0.3) is 0 Å². The van der Waals surface area contributed by atoms with Gasteiger partial charge in [-0.25, -0.2) is 9.18 Å². The Balaban J connectivity index is 1.63. The van der Waals surface area contributed by atoms with Crippen LogP contribution in [0.5, 0.6) is 0 Å². The van der Waals surface area contributed by atoms with E-state index in [1.807, 2.05) is 29.7 Å². The molecule has 0 saturated heterocycles. The van der Waals surface area contributed by atoms with E-state index in [0.717, 1.165) is 40.6 Å². The highest BCUT2D eigenvalue weighted by Crippen LogP contribution is 2.28. The lowest BCUT2D eigenvalue weighted by Gasteiger charge is -2.10. The molecule has 3 aromatic carbocycles. The summed E-state index contributed by atoms with van der Waals surface area (Å²) in [6.45, 7) is 5.64. The molecule has 0 spiro atoms. The molecular formula is C27H27FN2O2. The molecule has 0 fully saturated rings. The topological polar surface area (TPSA) is 54.3 Å². The molecule has 4 rings (SSSR count). The van der Waals surface area contributed by atoms with Gasteiger partial charge in [0.1, 0.15) is 11.5 Å². The maximum absolute atomic E-state index is 13.3. The molecule has 32 heavy (non-hydrogen) atoms. The highest BCUT2D eigenvalue weighted by molar-refractivity contribution is 5.98. The molecule has 4 nitrogen and oxygen atoms in total. The van der Waals surface area contributed by atoms with Gasteiger partial charge in [-0.3, -0.25) is 0 Å². The van der Waals surface area contributed by atoms with Crippen molar-refractivity contribution in [3.8, 4) is 0 Å². The van der Waals surface area contributed by atoms with E-state index in [9.17, 15) is 14.3 Å². The van der Waals surface area contributed by atoms with Crippen LogP contribution in [-0.4, -0.2) is 22.2 Å². The number of halogens is 1. The van der Waals surface area contributed by atoms with Gasteiger partial charge in [-0.15, -0.1) is 0 Å². The minimum atomic E-state index is -0.962. The van der Waals surface area contributed by atoms with Crippen LogP contribution in [0, 0.1) is 19.7 Å². The fourth-order valence-corrected chi connectivity index (χ4v) is 4.09. The van der Waals surface area contributed by atoms with E-state index in [1.165, 1.54) is 23.3 Å². The normalized spacial score (nSPS) is 11.2. The smallest absolute Gasteiger partial charge is 0.352 e. The Bertz CT molecular complexity index is 1240. The van der Waals surface area contributed by atoms with Gasteiger partial charge in [0.15, 0.2) is 0 Å². The fourth-order valence-electron chi connectivity index (χ4n) is 4.09. The van der Waals surface area contributed by atoms with Crippen molar-refractivity contribution in [2.45, 2.75) is 33.4 Å². The van der Waals surface area contributed by atoms with Gasteiger partial charge < -0.3 is 15.0 Å². The van der Waals surface area contributed by atoms with Gasteiger partial charge >= 0.3 is 5.97 Å². The van der Waals surface area contributed by atoms with Gasteiger partial charge in [0, 0.05) is 29.6 Å². The van der Waals surface area contributed by atoms with Crippen LogP contribution in [0.25, 0.3) is 10.9 Å². The first-order valence-electron chi connectivity index (χ1n) is 10.8. The zero-order valence-corrected chi connectivity index (χ0v) is 18.4. The Morgan fingerprint density at radius 2 is 1.59 bits per heavy atom. The van der Waals surface area contributed by atoms with Gasteiger partial charge in [0.05, 0.1) is 0 Å². The van der Waals surface area contributed by atoms with Crippen molar-refractivity contribution < 1.29 is 14.3 Å². The lowest BCUT2D eigenvalue weighted by molar-refractivity contribution is 0.0684. The summed E-state index contributed by atoms with van der Waals surface area (Å²) in [4.78, 5) is 12.3. The Labute approximate surface area is 187 Å². The number of carboxylic acids is 1. The van der Waals surface area contributed by atoms with Crippen LogP contribution in [0.2, 0.25) is 0 Å². The third-order valence-corrected chi connectivity index (χ3v) is 5.79. The predicted molar refractivity (Wildman–Crippen MR) is 126 cm³/mol. The number of aryl methyl sites for hydroxylation is 2. The van der Waals surface area contributed by atoms with Crippen molar-refractivity contribution in [1.29, 1.82) is 0 Å². The van der Waals surface area contributed by atoms with E-state index in [1.54, 1.807) is 12.1 Å². The second-order valence-electron chi connectivity index (χ2n) is 8.28. The molecule has 0 amide bonds. The number of benzene rings is 3. The van der Waals surface area contributed by atoms with Crippen LogP contribution in [0.4, 0.5) is 4.39 Å². The highest BCUT2D eigenvalue weighted by atomic mass is 19.1. The molecule has 0 unspecified atom stereocenters. The molecule has 0 atom stereocenters. The SMILES string of the molecule is Cc1ccc(CCNCc2c(C(=O)O)n(Cc3ccc(F)cc3)c3cc(C)ccc23)cc1. The number of fused-ring (bicyclic) bond motifs is 1. The lowest BCUT2D eigenvalue weighted by Crippen LogP contribution is -2.19. The quantitative estimate of drug-likeness (QED) is 0.364. The van der Waals surface area contributed by atoms with E-state index >= 15 is 0 Å². The lowest BCUT2D eigenvalue weighted by atomic mass is 10.1. The van der Waals surface area contributed by atoms with Crippen LogP contribution in [0.1, 0.15) is 38.3 Å². The zero-order valence-electron chi connectivity index (χ0n) is 18.4. The number of rotatable bonds is 8. The summed E-state index contributed by atoms with van der Waals surface area (Å²) in [5, 5.41) is 14.4. The molecule has 0 aliphatic heterocycles. The van der Waals surface area contributed by atoms with Crippen molar-refractivity contribution in [2.24, 2.45) is 0 Å². The third-order valence-electron chi connectivity index (χ3n) is 5.79. The van der Waals surface area contributed by atoms with Crippen LogP contribution < -0.4 is 5.32 Å². The third kappa shape index (κ3) is 4.73. The van der Waals surface area contributed by atoms with Crippen LogP contribution in [0.15, 0.2) is 66.7 Å². The second-order valence-corrected chi connectivity index (χ2v) is 8.28. The van der Waals surface area contributed by atoms with Gasteiger partial charge in [-0.2, -0.15) is 0 Å². The van der Waals surface area contributed by atoms with Crippen molar-refractivity contribution in [3.63, 3.8) is 0 Å². The first-order chi connectivity index (χ1) is 15.4. The molecule has 0 bridgehead atoms. The van der Waals surface area contributed by atoms with Crippen LogP contribution >= 0.6 is 0 Å². The molecular weight excluding hydrogens is 403 g/mol. The van der Waals surface area contributed by atoms with Gasteiger partial charge in [0.2, 0.25) is 0 Å². The number of aromatic carboxylic acids is 1. The molecule has 0 aliphatic rings. The van der Waals surface area contributed by atoms with Crippen LogP contribution in [-0.2, 0) is 19.5 Å². The van der Waals surface area contributed by atoms with E-state index in [-0.39, 0.29) is 11.5 Å². The average Bonchev–Trinajstić information content (AvgIpc) is 3.06. The monoisotopic (exact) mass is 430 g/mol. The summed E-state index contributed by atoms with van der Waals surface area (Å²) >= 11 is 0. The minimum Gasteiger partial charge on any atom is -0.477 e. The summed E-state index contributed by atoms with van der Waals surface area (Å²) in [5.74, 6) is -1.27. The Kier molecular flexibility index (Phi) is 6.37. The first kappa shape index (κ1) is 21.8. The van der Waals surface area contributed by atoms with Crippen molar-refractivity contribution >= 4 is 16.9 Å². The Hall–Kier alpha value is -3.44. The number of nitrogens with one attached hydrogen (secondary N) is 1. The maximum atomic E-state index is 13.3. The summed E-state index contributed by atoms with van der Waals surface area (Å²) in [5.41, 5.74) is 6.32. The van der Waals surface area contributed by atoms with Crippen molar-refractivity contribution in [1.82, 2.24) is 9.88 Å². The maximum Gasteiger partial charge on any atom is 0.352 e. The van der Waals surface area contributed by atoms with Gasteiger partial charge in [-0.05, 0) is 61.7 Å². The van der Waals surface area contributed by atoms with Crippen molar-refractivity contribution in [2.75, 3.05) is 6.54 Å². The fraction of sp³-hybridized carbons (Fsp3) is 0.222. The molecule has 4 aromatic rings.